The molecule has 0 aliphatic heterocycles. The number of fused-ring (bicyclic) bond motifs is 3. The standard InChI is InChI=1S/C24BF20.C17H12NOS/c26-5-1(6(27)14(35)21(42)13(5)34)25(2-7(28)15(36)22(43)16(37)8(2)29,3-9(30)17(38)23(44)18(39)10(3)31)4-11(32)19(40)24(45)20(41)12(4)33;1-2-6-14-13(5-1)11-17(19-18-9-10-20-12-18)16-8-4-3-7-15(14)16/h;1-12H/q-1;+1. The minimum Gasteiger partial charge on any atom is -0.230 e. The molecule has 0 saturated carbocycles. The van der Waals surface area contributed by atoms with E-state index >= 15 is 35.1 Å². The van der Waals surface area contributed by atoms with E-state index in [1.54, 1.807) is 16.1 Å². The van der Waals surface area contributed by atoms with Crippen molar-refractivity contribution in [3.63, 3.8) is 0 Å². The van der Waals surface area contributed by atoms with Gasteiger partial charge >= 0.3 is 0 Å². The molecule has 24 heteroatoms. The van der Waals surface area contributed by atoms with Crippen LogP contribution < -0.4 is 31.4 Å². The zero-order valence-electron chi connectivity index (χ0n) is 30.8. The third-order valence-corrected chi connectivity index (χ3v) is 10.7. The molecule has 8 rings (SSSR count). The Bertz CT molecular complexity index is 2870. The highest BCUT2D eigenvalue weighted by Crippen LogP contribution is 2.34. The maximum Gasteiger partial charge on any atom is 0.277 e. The van der Waals surface area contributed by atoms with Gasteiger partial charge in [0.1, 0.15) is 52.7 Å². The minimum absolute atomic E-state index is 0.878. The quantitative estimate of drug-likeness (QED) is 0.0404. The van der Waals surface area contributed by atoms with Crippen LogP contribution in [0.4, 0.5) is 87.8 Å². The van der Waals surface area contributed by atoms with Crippen molar-refractivity contribution in [1.82, 2.24) is 0 Å². The van der Waals surface area contributed by atoms with Gasteiger partial charge in [0.15, 0.2) is 69.8 Å². The molecule has 8 aromatic rings. The van der Waals surface area contributed by atoms with Crippen LogP contribution in [0.15, 0.2) is 71.7 Å². The summed E-state index contributed by atoms with van der Waals surface area (Å²) in [6, 6.07) is 18.8. The van der Waals surface area contributed by atoms with Crippen molar-refractivity contribution in [2.24, 2.45) is 0 Å². The summed E-state index contributed by atoms with van der Waals surface area (Å²) in [4.78, 5) is 5.97. The molecule has 7 aromatic carbocycles. The number of hydrogen-bond donors (Lipinski definition) is 0. The van der Waals surface area contributed by atoms with Crippen LogP contribution in [0.3, 0.4) is 0 Å². The SMILES string of the molecule is Fc1c(F)c(F)c([B-](c2c(F)c(F)c(F)c(F)c2F)(c2c(F)c(F)c(F)c(F)c2F)c2c(F)c(F)c(F)c(F)c2F)c(F)c1F.c1ccc2c(c1)cc(O[n+]1ccsc1)c1ccccc12. The van der Waals surface area contributed by atoms with Gasteiger partial charge in [-0.05, 0) is 22.2 Å². The smallest absolute Gasteiger partial charge is 0.230 e. The first-order chi connectivity index (χ1) is 30.6. The highest BCUT2D eigenvalue weighted by atomic mass is 32.1. The van der Waals surface area contributed by atoms with Crippen LogP contribution in [0, 0.1) is 116 Å². The van der Waals surface area contributed by atoms with Gasteiger partial charge in [-0.15, -0.1) is 21.9 Å². The summed E-state index contributed by atoms with van der Waals surface area (Å²) in [6.07, 6.45) is -5.31. The lowest BCUT2D eigenvalue weighted by Crippen LogP contribution is -2.81. The molecule has 336 valence electrons. The highest BCUT2D eigenvalue weighted by molar-refractivity contribution is 7.20. The second kappa shape index (κ2) is 16.9. The Morgan fingerprint density at radius 3 is 0.969 bits per heavy atom. The molecule has 1 heterocycles. The second-order valence-electron chi connectivity index (χ2n) is 13.4. The molecule has 0 radical (unpaired) electrons. The summed E-state index contributed by atoms with van der Waals surface area (Å²) in [5, 5.41) is 6.78. The summed E-state index contributed by atoms with van der Waals surface area (Å²) in [5.74, 6) is -70.5. The maximum atomic E-state index is 15.4. The fraction of sp³-hybridized carbons (Fsp3) is 0. The molecule has 65 heavy (non-hydrogen) atoms. The lowest BCUT2D eigenvalue weighted by Gasteiger charge is -2.44. The van der Waals surface area contributed by atoms with Crippen LogP contribution in [0.1, 0.15) is 0 Å². The van der Waals surface area contributed by atoms with E-state index in [1.165, 1.54) is 16.2 Å². The van der Waals surface area contributed by atoms with E-state index in [9.17, 15) is 52.7 Å². The van der Waals surface area contributed by atoms with Crippen LogP contribution in [-0.2, 0) is 0 Å². The van der Waals surface area contributed by atoms with E-state index in [4.69, 9.17) is 4.84 Å². The molecule has 0 unspecified atom stereocenters. The molecule has 0 aliphatic rings. The average molecular weight is 957 g/mol. The van der Waals surface area contributed by atoms with Gasteiger partial charge in [0.2, 0.25) is 11.9 Å². The van der Waals surface area contributed by atoms with Crippen molar-refractivity contribution < 1.29 is 97.4 Å². The maximum absolute atomic E-state index is 15.4. The van der Waals surface area contributed by atoms with Gasteiger partial charge < -0.3 is 0 Å². The largest absolute Gasteiger partial charge is 0.277 e. The normalized spacial score (nSPS) is 11.7. The fourth-order valence-electron chi connectivity index (χ4n) is 7.36. The Balaban J connectivity index is 0.000000258. The number of halogens is 20. The molecule has 0 saturated heterocycles. The Hall–Kier alpha value is -6.85. The third-order valence-electron chi connectivity index (χ3n) is 10.1. The molecule has 0 bridgehead atoms. The van der Waals surface area contributed by atoms with Crippen LogP contribution in [0.5, 0.6) is 5.75 Å². The minimum atomic E-state index is -7.22. The second-order valence-corrected chi connectivity index (χ2v) is 14.2. The Kier molecular flexibility index (Phi) is 12.0. The average Bonchev–Trinajstić information content (AvgIpc) is 3.82. The number of rotatable bonds is 6. The van der Waals surface area contributed by atoms with Crippen LogP contribution in [-0.4, -0.2) is 6.15 Å². The molecule has 0 atom stereocenters. The lowest BCUT2D eigenvalue weighted by atomic mass is 9.12. The van der Waals surface area contributed by atoms with E-state index in [0.717, 1.165) is 11.1 Å². The summed E-state index contributed by atoms with van der Waals surface area (Å²) < 4.78 is 296. The third kappa shape index (κ3) is 6.95. The van der Waals surface area contributed by atoms with Crippen LogP contribution >= 0.6 is 11.3 Å². The monoisotopic (exact) mass is 957 g/mol. The predicted molar refractivity (Wildman–Crippen MR) is 191 cm³/mol. The lowest BCUT2D eigenvalue weighted by molar-refractivity contribution is -0.871. The Morgan fingerprint density at radius 2 is 0.646 bits per heavy atom. The molecule has 0 amide bonds. The van der Waals surface area contributed by atoms with Gasteiger partial charge in [-0.2, -0.15) is 0 Å². The van der Waals surface area contributed by atoms with Crippen molar-refractivity contribution in [3.8, 4) is 5.75 Å². The molecule has 1 aromatic heterocycles. The first kappa shape index (κ1) is 46.2. The van der Waals surface area contributed by atoms with Crippen molar-refractivity contribution in [1.29, 1.82) is 0 Å². The summed E-state index contributed by atoms with van der Waals surface area (Å²) in [7, 11) is 0. The first-order valence-electron chi connectivity index (χ1n) is 17.4. The van der Waals surface area contributed by atoms with Crippen LogP contribution in [0.2, 0.25) is 0 Å². The Morgan fingerprint density at radius 1 is 0.354 bits per heavy atom. The van der Waals surface area contributed by atoms with E-state index in [2.05, 4.69) is 48.5 Å². The van der Waals surface area contributed by atoms with Crippen LogP contribution in [0.25, 0.3) is 21.5 Å². The molecule has 0 fully saturated rings. The molecule has 0 spiro atoms. The highest BCUT2D eigenvalue weighted by Gasteiger charge is 2.52. The van der Waals surface area contributed by atoms with E-state index in [-0.39, 0.29) is 0 Å². The zero-order valence-corrected chi connectivity index (χ0v) is 31.6. The van der Waals surface area contributed by atoms with Gasteiger partial charge in [-0.3, -0.25) is 0 Å². The van der Waals surface area contributed by atoms with Gasteiger partial charge in [0, 0.05) is 10.1 Å². The molecule has 0 N–H and O–H groups in total. The molecular formula is C41H12BF20NOS. The van der Waals surface area contributed by atoms with Crippen molar-refractivity contribution in [3.05, 3.63) is 188 Å². The molecule has 2 nitrogen and oxygen atoms in total. The van der Waals surface area contributed by atoms with Crippen molar-refractivity contribution in [2.45, 2.75) is 0 Å². The number of thiazole rings is 1. The van der Waals surface area contributed by atoms with Crippen molar-refractivity contribution in [2.75, 3.05) is 0 Å². The van der Waals surface area contributed by atoms with E-state index < -0.39 is 144 Å². The van der Waals surface area contributed by atoms with E-state index in [0.29, 0.717) is 0 Å². The molecular weight excluding hydrogens is 945 g/mol. The van der Waals surface area contributed by atoms with E-state index in [1.807, 2.05) is 23.2 Å². The summed E-state index contributed by atoms with van der Waals surface area (Å²) >= 11 is 1.61. The number of benzene rings is 7. The topological polar surface area (TPSA) is 13.1 Å². The van der Waals surface area contributed by atoms with Gasteiger partial charge in [-0.1, -0.05) is 59.9 Å². The van der Waals surface area contributed by atoms with Gasteiger partial charge in [0.25, 0.3) is 5.51 Å². The molecule has 0 aliphatic carbocycles. The van der Waals surface area contributed by atoms with Gasteiger partial charge in [0.05, 0.1) is 5.38 Å². The Labute approximate surface area is 351 Å². The fourth-order valence-corrected chi connectivity index (χ4v) is 7.85. The van der Waals surface area contributed by atoms with Crippen molar-refractivity contribution >= 4 is 60.9 Å². The summed E-state index contributed by atoms with van der Waals surface area (Å²) in [5.41, 5.74) is -12.4. The predicted octanol–water partition coefficient (Wildman–Crippen LogP) is 10.0. The number of aromatic nitrogens is 1. The van der Waals surface area contributed by atoms with Gasteiger partial charge in [-0.25, -0.2) is 92.6 Å². The number of hydrogen-bond acceptors (Lipinski definition) is 2. The zero-order chi connectivity index (χ0) is 47.7. The summed E-state index contributed by atoms with van der Waals surface area (Å²) in [6.45, 7) is 0. The number of nitrogens with zero attached hydrogens (tertiary/aromatic N) is 1. The first-order valence-corrected chi connectivity index (χ1v) is 18.3.